The molecule has 0 amide bonds. The lowest BCUT2D eigenvalue weighted by Gasteiger charge is -2.51. The molecule has 14 nitrogen and oxygen atoms in total. The molecule has 3 unspecified atom stereocenters. The van der Waals surface area contributed by atoms with Gasteiger partial charge in [-0.2, -0.15) is 0 Å². The Labute approximate surface area is 368 Å². The maximum atomic E-state index is 14.4. The van der Waals surface area contributed by atoms with Crippen molar-refractivity contribution in [2.45, 2.75) is 204 Å². The normalized spacial score (nSPS) is 47.2. The highest BCUT2D eigenvalue weighted by Gasteiger charge is 2.60. The minimum absolute atomic E-state index is 0.00708. The van der Waals surface area contributed by atoms with E-state index in [2.05, 4.69) is 40.7 Å². The van der Waals surface area contributed by atoms with Crippen LogP contribution in [0.3, 0.4) is 0 Å². The van der Waals surface area contributed by atoms with E-state index in [9.17, 15) is 20.1 Å². The van der Waals surface area contributed by atoms with Gasteiger partial charge in [0.15, 0.2) is 18.4 Å². The molecule has 7 rings (SSSR count). The Morgan fingerprint density at radius 2 is 1.63 bits per heavy atom. The van der Waals surface area contributed by atoms with Crippen LogP contribution in [0.1, 0.15) is 107 Å². The molecule has 14 heteroatoms. The van der Waals surface area contributed by atoms with Crippen LogP contribution in [0.4, 0.5) is 0 Å². The molecule has 0 aromatic carbocycles. The molecule has 6 heterocycles. The van der Waals surface area contributed by atoms with Crippen molar-refractivity contribution >= 4 is 5.97 Å². The molecule has 0 aromatic heterocycles. The Kier molecular flexibility index (Phi) is 15.3. The average Bonchev–Trinajstić information content (AvgIpc) is 3.58. The predicted molar refractivity (Wildman–Crippen MR) is 227 cm³/mol. The largest absolute Gasteiger partial charge is 0.462 e. The molecule has 20 atom stereocenters. The van der Waals surface area contributed by atoms with Gasteiger partial charge in [0.1, 0.15) is 42.0 Å². The number of rotatable bonds is 8. The van der Waals surface area contributed by atoms with E-state index in [-0.39, 0.29) is 30.8 Å². The number of methoxy groups -OCH3 is 2. The number of aliphatic hydroxyl groups excluding tert-OH is 2. The summed E-state index contributed by atoms with van der Waals surface area (Å²) in [6, 6.07) is 0. The second-order valence-electron chi connectivity index (χ2n) is 19.4. The number of fused-ring (bicyclic) bond motifs is 2. The van der Waals surface area contributed by atoms with Crippen LogP contribution in [0.2, 0.25) is 0 Å². The molecule has 1 aliphatic carbocycles. The van der Waals surface area contributed by atoms with Gasteiger partial charge in [-0.05, 0) is 69.1 Å². The fourth-order valence-corrected chi connectivity index (χ4v) is 11.0. The first-order valence-corrected chi connectivity index (χ1v) is 23.2. The molecule has 0 saturated carbocycles. The van der Waals surface area contributed by atoms with Crippen LogP contribution in [-0.2, 0) is 52.2 Å². The van der Waals surface area contributed by atoms with Crippen LogP contribution in [0, 0.1) is 23.7 Å². The number of esters is 1. The fourth-order valence-electron chi connectivity index (χ4n) is 11.0. The van der Waals surface area contributed by atoms with Gasteiger partial charge in [-0.15, -0.1) is 0 Å². The fraction of sp³-hybridized carbons (Fsp3) is 0.812. The number of carbonyl (C=O) groups is 1. The Morgan fingerprint density at radius 3 is 2.35 bits per heavy atom. The van der Waals surface area contributed by atoms with E-state index in [1.165, 1.54) is 0 Å². The molecule has 3 N–H and O–H groups in total. The number of carbonyl (C=O) groups excluding carboxylic acids is 1. The van der Waals surface area contributed by atoms with Crippen molar-refractivity contribution < 1.29 is 67.5 Å². The van der Waals surface area contributed by atoms with Crippen molar-refractivity contribution in [3.63, 3.8) is 0 Å². The first-order chi connectivity index (χ1) is 29.5. The van der Waals surface area contributed by atoms with Crippen molar-refractivity contribution in [3.05, 3.63) is 47.1 Å². The smallest absolute Gasteiger partial charge is 0.316 e. The molecule has 0 radical (unpaired) electrons. The van der Waals surface area contributed by atoms with E-state index in [0.717, 1.165) is 18.4 Å². The van der Waals surface area contributed by atoms with Crippen LogP contribution in [-0.4, -0.2) is 139 Å². The van der Waals surface area contributed by atoms with Gasteiger partial charge < -0.3 is 62.7 Å². The quantitative estimate of drug-likeness (QED) is 0.204. The van der Waals surface area contributed by atoms with Crippen molar-refractivity contribution in [1.82, 2.24) is 0 Å². The molecule has 6 aliphatic heterocycles. The number of allylic oxidation sites excluding steroid dienone is 2. The van der Waals surface area contributed by atoms with Gasteiger partial charge in [-0.1, -0.05) is 64.5 Å². The summed E-state index contributed by atoms with van der Waals surface area (Å²) >= 11 is 0. The van der Waals surface area contributed by atoms with Gasteiger partial charge in [0.05, 0.1) is 49.3 Å². The number of hydrogen-bond acceptors (Lipinski definition) is 14. The van der Waals surface area contributed by atoms with E-state index in [1.54, 1.807) is 40.2 Å². The lowest BCUT2D eigenvalue weighted by atomic mass is 9.71. The maximum absolute atomic E-state index is 14.4. The van der Waals surface area contributed by atoms with Crippen molar-refractivity contribution in [2.24, 2.45) is 23.7 Å². The summed E-state index contributed by atoms with van der Waals surface area (Å²) in [4.78, 5) is 14.4. The maximum Gasteiger partial charge on any atom is 0.316 e. The van der Waals surface area contributed by atoms with Crippen LogP contribution < -0.4 is 0 Å². The van der Waals surface area contributed by atoms with E-state index in [4.69, 9.17) is 47.4 Å². The number of ether oxygens (including phenoxy) is 10. The van der Waals surface area contributed by atoms with Gasteiger partial charge in [-0.25, -0.2) is 0 Å². The van der Waals surface area contributed by atoms with Gasteiger partial charge in [0.2, 0.25) is 0 Å². The van der Waals surface area contributed by atoms with Crippen molar-refractivity contribution in [2.75, 3.05) is 20.8 Å². The number of hydrogen-bond donors (Lipinski definition) is 3. The lowest BCUT2D eigenvalue weighted by molar-refractivity contribution is -0.340. The van der Waals surface area contributed by atoms with Gasteiger partial charge in [0, 0.05) is 52.2 Å². The zero-order valence-corrected chi connectivity index (χ0v) is 38.5. The summed E-state index contributed by atoms with van der Waals surface area (Å²) in [5.41, 5.74) is 0.188. The van der Waals surface area contributed by atoms with Gasteiger partial charge in [0.25, 0.3) is 0 Å². The summed E-state index contributed by atoms with van der Waals surface area (Å²) in [5, 5.41) is 34.2. The minimum Gasteiger partial charge on any atom is -0.462 e. The van der Waals surface area contributed by atoms with Crippen molar-refractivity contribution in [1.29, 1.82) is 0 Å². The highest BCUT2D eigenvalue weighted by molar-refractivity contribution is 5.78. The van der Waals surface area contributed by atoms with Crippen LogP contribution in [0.15, 0.2) is 47.1 Å². The first kappa shape index (κ1) is 47.9. The van der Waals surface area contributed by atoms with Gasteiger partial charge >= 0.3 is 5.97 Å². The summed E-state index contributed by atoms with van der Waals surface area (Å²) in [6.45, 7) is 16.3. The van der Waals surface area contributed by atoms with E-state index in [0.29, 0.717) is 61.5 Å². The summed E-state index contributed by atoms with van der Waals surface area (Å²) in [5.74, 6) is -2.10. The highest BCUT2D eigenvalue weighted by atomic mass is 16.7. The molecule has 62 heavy (non-hydrogen) atoms. The topological polar surface area (TPSA) is 170 Å². The van der Waals surface area contributed by atoms with E-state index in [1.807, 2.05) is 19.1 Å². The Bertz CT molecular complexity index is 1680. The highest BCUT2D eigenvalue weighted by Crippen LogP contribution is 2.48. The molecule has 7 aliphatic rings. The Balaban J connectivity index is 1.18. The third-order valence-electron chi connectivity index (χ3n) is 14.9. The third-order valence-corrected chi connectivity index (χ3v) is 14.9. The molecule has 350 valence electrons. The molecule has 2 bridgehead atoms. The monoisotopic (exact) mass is 875 g/mol. The van der Waals surface area contributed by atoms with Gasteiger partial charge in [-0.3, -0.25) is 4.79 Å². The Morgan fingerprint density at radius 1 is 0.919 bits per heavy atom. The standard InChI is InChI=1S/C48H74O14/c1-11-25(2)43-28(5)17-18-47(62-43)23-34-20-33(61-47)16-15-27(4)42(26(3)13-12-14-32-24-55-45-40(49)29(6)19-35(46(51)58-34)48(32,45)52)59-39-22-37(54-10)44(31(8)57-39)60-38-21-36(53-9)41(50)30(7)56-38/h12-15,19,25-26,28,30-31,33-45,49-50,52H,11,16-18,20-24H2,1-10H3/t25?,26-,28-,30-,31-,33+,34?,35-,36-,37-,38?,39-,40+,41-,42-,43+,44-,45+,47+,48+/m0/s1. The van der Waals surface area contributed by atoms with Crippen molar-refractivity contribution in [3.8, 4) is 0 Å². The average molecular weight is 875 g/mol. The number of aliphatic hydroxyl groups is 3. The van der Waals surface area contributed by atoms with Crippen LogP contribution >= 0.6 is 0 Å². The molecular formula is C48H74O14. The zero-order valence-electron chi connectivity index (χ0n) is 38.5. The molecular weight excluding hydrogens is 801 g/mol. The molecule has 1 spiro atoms. The molecule has 0 aromatic rings. The molecule has 5 saturated heterocycles. The Hall–Kier alpha value is -2.05. The first-order valence-electron chi connectivity index (χ1n) is 23.2. The minimum atomic E-state index is -1.82. The SMILES string of the molecule is CCC(C)[C@H]1O[C@]2(CC[C@@H]1C)CC1C[C@@H](CC=C(C)[C@@H](O[C@H]3C[C@H](OC)[C@@H](OC4C[C@H](OC)[C@@H](O)[C@H](C)O4)[C@H](C)O3)[C@@H](C)C=CC=C3CO[C@@H]4[C@H](O)C(C)=C[C@@H](C(=O)O1)[C@]34O)O2. The lowest BCUT2D eigenvalue weighted by Crippen LogP contribution is -2.58. The molecule has 5 fully saturated rings. The second kappa shape index (κ2) is 19.8. The third kappa shape index (κ3) is 9.73. The summed E-state index contributed by atoms with van der Waals surface area (Å²) in [7, 11) is 3.23. The zero-order chi connectivity index (χ0) is 44.7. The summed E-state index contributed by atoms with van der Waals surface area (Å²) in [6.07, 6.45) is 6.53. The van der Waals surface area contributed by atoms with E-state index < -0.39 is 90.8 Å². The second-order valence-corrected chi connectivity index (χ2v) is 19.4. The van der Waals surface area contributed by atoms with Crippen LogP contribution in [0.25, 0.3) is 0 Å². The predicted octanol–water partition coefficient (Wildman–Crippen LogP) is 5.60. The van der Waals surface area contributed by atoms with E-state index >= 15 is 0 Å². The van der Waals surface area contributed by atoms with Crippen LogP contribution in [0.5, 0.6) is 0 Å². The summed E-state index contributed by atoms with van der Waals surface area (Å²) < 4.78 is 63.9.